The fraction of sp³-hybridized carbons (Fsp3) is 0.200. The predicted molar refractivity (Wildman–Crippen MR) is 105 cm³/mol. The first kappa shape index (κ1) is 17.5. The highest BCUT2D eigenvalue weighted by molar-refractivity contribution is 7.89. The largest absolute Gasteiger partial charge is 0.301 e. The van der Waals surface area contributed by atoms with E-state index in [4.69, 9.17) is 11.6 Å². The Balaban J connectivity index is 1.81. The number of rotatable bonds is 4. The standard InChI is InChI=1S/C20H19ClN2O2S/c1-23(2)20-17-8-4-6-13-5-3-7-16(18(13)17)19(20)22-26(24,25)15-11-9-14(21)10-12-15/h3-12,19-20,22H,1-2H3/t19-,20-/m1/s1. The van der Waals surface area contributed by atoms with Gasteiger partial charge in [0.1, 0.15) is 0 Å². The molecular weight excluding hydrogens is 368 g/mol. The molecule has 0 heterocycles. The molecule has 3 aromatic carbocycles. The summed E-state index contributed by atoms with van der Waals surface area (Å²) in [5.41, 5.74) is 2.15. The molecule has 0 saturated heterocycles. The number of benzene rings is 3. The second kappa shape index (κ2) is 6.35. The first-order valence-corrected chi connectivity index (χ1v) is 10.2. The van der Waals surface area contributed by atoms with Crippen LogP contribution in [0.4, 0.5) is 0 Å². The number of nitrogens with one attached hydrogen (secondary N) is 1. The maximum atomic E-state index is 13.0. The molecule has 26 heavy (non-hydrogen) atoms. The van der Waals surface area contributed by atoms with E-state index in [1.807, 2.05) is 32.3 Å². The molecule has 0 aliphatic heterocycles. The van der Waals surface area contributed by atoms with E-state index < -0.39 is 10.0 Å². The van der Waals surface area contributed by atoms with Crippen LogP contribution in [-0.4, -0.2) is 27.4 Å². The van der Waals surface area contributed by atoms with E-state index in [2.05, 4.69) is 27.8 Å². The molecular formula is C20H19ClN2O2S. The molecule has 0 unspecified atom stereocenters. The monoisotopic (exact) mass is 386 g/mol. The van der Waals surface area contributed by atoms with Gasteiger partial charge in [-0.05, 0) is 60.3 Å². The smallest absolute Gasteiger partial charge is 0.241 e. The Morgan fingerprint density at radius 2 is 1.54 bits per heavy atom. The Hall–Kier alpha value is -1.92. The molecule has 0 aromatic heterocycles. The van der Waals surface area contributed by atoms with Crippen LogP contribution < -0.4 is 4.72 Å². The zero-order chi connectivity index (χ0) is 18.5. The second-order valence-electron chi connectivity index (χ2n) is 6.75. The molecule has 1 N–H and O–H groups in total. The first-order chi connectivity index (χ1) is 12.4. The molecule has 0 fully saturated rings. The van der Waals surface area contributed by atoms with Crippen molar-refractivity contribution in [2.24, 2.45) is 0 Å². The van der Waals surface area contributed by atoms with E-state index in [-0.39, 0.29) is 17.0 Å². The van der Waals surface area contributed by atoms with Crippen LogP contribution in [-0.2, 0) is 10.0 Å². The van der Waals surface area contributed by atoms with Gasteiger partial charge in [0.25, 0.3) is 0 Å². The maximum absolute atomic E-state index is 13.0. The normalized spacial score (nSPS) is 19.4. The van der Waals surface area contributed by atoms with Crippen molar-refractivity contribution in [3.8, 4) is 0 Å². The van der Waals surface area contributed by atoms with E-state index in [1.165, 1.54) is 12.1 Å². The number of hydrogen-bond acceptors (Lipinski definition) is 3. The van der Waals surface area contributed by atoms with Gasteiger partial charge in [-0.15, -0.1) is 0 Å². The van der Waals surface area contributed by atoms with Crippen LogP contribution in [0.1, 0.15) is 23.2 Å². The average Bonchev–Trinajstić information content (AvgIpc) is 2.91. The van der Waals surface area contributed by atoms with Gasteiger partial charge in [0.2, 0.25) is 10.0 Å². The van der Waals surface area contributed by atoms with Gasteiger partial charge in [-0.2, -0.15) is 0 Å². The van der Waals surface area contributed by atoms with Crippen LogP contribution >= 0.6 is 11.6 Å². The van der Waals surface area contributed by atoms with Gasteiger partial charge in [0.15, 0.2) is 0 Å². The Bertz CT molecular complexity index is 1070. The molecule has 1 aliphatic carbocycles. The molecule has 0 radical (unpaired) electrons. The number of halogens is 1. The summed E-state index contributed by atoms with van der Waals surface area (Å²) in [6, 6.07) is 18.0. The van der Waals surface area contributed by atoms with E-state index in [1.54, 1.807) is 12.1 Å². The molecule has 6 heteroatoms. The lowest BCUT2D eigenvalue weighted by atomic mass is 10.0. The minimum atomic E-state index is -3.68. The topological polar surface area (TPSA) is 49.4 Å². The van der Waals surface area contributed by atoms with E-state index in [0.29, 0.717) is 5.02 Å². The lowest BCUT2D eigenvalue weighted by Gasteiger charge is -2.28. The fourth-order valence-electron chi connectivity index (χ4n) is 3.81. The minimum absolute atomic E-state index is 0.0711. The van der Waals surface area contributed by atoms with Gasteiger partial charge in [-0.25, -0.2) is 13.1 Å². The summed E-state index contributed by atoms with van der Waals surface area (Å²) in [5.74, 6) is 0. The van der Waals surface area contributed by atoms with Gasteiger partial charge in [-0.1, -0.05) is 48.0 Å². The zero-order valence-electron chi connectivity index (χ0n) is 14.5. The predicted octanol–water partition coefficient (Wildman–Crippen LogP) is 4.13. The van der Waals surface area contributed by atoms with Gasteiger partial charge in [0.05, 0.1) is 17.0 Å². The van der Waals surface area contributed by atoms with Gasteiger partial charge in [-0.3, -0.25) is 0 Å². The van der Waals surface area contributed by atoms with Crippen molar-refractivity contribution in [1.82, 2.24) is 9.62 Å². The quantitative estimate of drug-likeness (QED) is 0.733. The van der Waals surface area contributed by atoms with Crippen molar-refractivity contribution in [3.63, 3.8) is 0 Å². The van der Waals surface area contributed by atoms with E-state index in [9.17, 15) is 8.42 Å². The molecule has 2 atom stereocenters. The fourth-order valence-corrected chi connectivity index (χ4v) is 5.15. The van der Waals surface area contributed by atoms with Gasteiger partial charge < -0.3 is 4.90 Å². The average molecular weight is 387 g/mol. The Morgan fingerprint density at radius 3 is 2.15 bits per heavy atom. The highest BCUT2D eigenvalue weighted by Crippen LogP contribution is 2.46. The maximum Gasteiger partial charge on any atom is 0.241 e. The highest BCUT2D eigenvalue weighted by Gasteiger charge is 2.38. The summed E-state index contributed by atoms with van der Waals surface area (Å²) in [6.07, 6.45) is 0. The second-order valence-corrected chi connectivity index (χ2v) is 8.90. The zero-order valence-corrected chi connectivity index (χ0v) is 16.1. The Labute approximate surface area is 158 Å². The molecule has 4 nitrogen and oxygen atoms in total. The van der Waals surface area contributed by atoms with Crippen molar-refractivity contribution >= 4 is 32.4 Å². The number of nitrogens with zero attached hydrogens (tertiary/aromatic N) is 1. The van der Waals surface area contributed by atoms with Crippen molar-refractivity contribution < 1.29 is 8.42 Å². The molecule has 1 aliphatic rings. The van der Waals surface area contributed by atoms with Crippen molar-refractivity contribution in [3.05, 3.63) is 76.8 Å². The Kier molecular flexibility index (Phi) is 4.28. The summed E-state index contributed by atoms with van der Waals surface area (Å²) >= 11 is 5.89. The van der Waals surface area contributed by atoms with Crippen LogP contribution in [0.15, 0.2) is 65.6 Å². The lowest BCUT2D eigenvalue weighted by Crippen LogP contribution is -2.35. The molecule has 4 rings (SSSR count). The summed E-state index contributed by atoms with van der Waals surface area (Å²) < 4.78 is 28.8. The summed E-state index contributed by atoms with van der Waals surface area (Å²) in [7, 11) is 0.266. The summed E-state index contributed by atoms with van der Waals surface area (Å²) in [4.78, 5) is 2.27. The first-order valence-electron chi connectivity index (χ1n) is 8.34. The van der Waals surface area contributed by atoms with Crippen LogP contribution in [0.3, 0.4) is 0 Å². The van der Waals surface area contributed by atoms with E-state index in [0.717, 1.165) is 21.9 Å². The van der Waals surface area contributed by atoms with Crippen LogP contribution in [0.25, 0.3) is 10.8 Å². The molecule has 0 bridgehead atoms. The van der Waals surface area contributed by atoms with Crippen molar-refractivity contribution in [1.29, 1.82) is 0 Å². The molecule has 134 valence electrons. The third-order valence-corrected chi connectivity index (χ3v) is 6.61. The number of hydrogen-bond donors (Lipinski definition) is 1. The lowest BCUT2D eigenvalue weighted by molar-refractivity contribution is 0.258. The van der Waals surface area contributed by atoms with Crippen molar-refractivity contribution in [2.75, 3.05) is 14.1 Å². The number of sulfonamides is 1. The number of likely N-dealkylation sites (N-methyl/N-ethyl adjacent to an activating group) is 1. The van der Waals surface area contributed by atoms with Crippen LogP contribution in [0.2, 0.25) is 5.02 Å². The van der Waals surface area contributed by atoms with Gasteiger partial charge in [0, 0.05) is 5.02 Å². The Morgan fingerprint density at radius 1 is 0.923 bits per heavy atom. The summed E-state index contributed by atoms with van der Waals surface area (Å²) in [6.45, 7) is 0. The molecule has 0 amide bonds. The van der Waals surface area contributed by atoms with Crippen LogP contribution in [0, 0.1) is 0 Å². The molecule has 0 spiro atoms. The van der Waals surface area contributed by atoms with E-state index >= 15 is 0 Å². The third-order valence-electron chi connectivity index (χ3n) is 4.90. The van der Waals surface area contributed by atoms with Crippen LogP contribution in [0.5, 0.6) is 0 Å². The SMILES string of the molecule is CN(C)[C@@H]1c2cccc3cccc(c23)[C@H]1NS(=O)(=O)c1ccc(Cl)cc1. The minimum Gasteiger partial charge on any atom is -0.301 e. The van der Waals surface area contributed by atoms with Gasteiger partial charge >= 0.3 is 0 Å². The van der Waals surface area contributed by atoms with Crippen molar-refractivity contribution in [2.45, 2.75) is 17.0 Å². The molecule has 3 aromatic rings. The molecule has 0 saturated carbocycles. The summed E-state index contributed by atoms with van der Waals surface area (Å²) in [5, 5.41) is 2.77. The third kappa shape index (κ3) is 2.81. The highest BCUT2D eigenvalue weighted by atomic mass is 35.5.